The first-order valence-electron chi connectivity index (χ1n) is 9.74. The summed E-state index contributed by atoms with van der Waals surface area (Å²) < 4.78 is 23.6. The number of nitrogens with zero attached hydrogens (tertiary/aromatic N) is 2. The van der Waals surface area contributed by atoms with E-state index in [-0.39, 0.29) is 17.4 Å². The number of hydrogen-bond donors (Lipinski definition) is 0. The highest BCUT2D eigenvalue weighted by Crippen LogP contribution is 2.25. The van der Waals surface area contributed by atoms with Gasteiger partial charge >= 0.3 is 0 Å². The molecule has 3 rings (SSSR count). The predicted octanol–water partition coefficient (Wildman–Crippen LogP) is 2.55. The average molecular weight is 401 g/mol. The quantitative estimate of drug-likeness (QED) is 0.717. The minimum Gasteiger partial charge on any atom is -0.344 e. The van der Waals surface area contributed by atoms with Crippen LogP contribution in [0.5, 0.6) is 0 Å². The number of likely N-dealkylation sites (N-methyl/N-ethyl adjacent to an activating group) is 1. The Morgan fingerprint density at radius 2 is 1.57 bits per heavy atom. The number of aryl methyl sites for hydroxylation is 1. The van der Waals surface area contributed by atoms with Gasteiger partial charge < -0.3 is 4.90 Å². The Morgan fingerprint density at radius 1 is 1.00 bits per heavy atom. The minimum absolute atomic E-state index is 0.0264. The molecule has 0 saturated carbocycles. The van der Waals surface area contributed by atoms with Crippen molar-refractivity contribution in [2.24, 2.45) is 0 Å². The zero-order valence-corrected chi connectivity index (χ0v) is 17.1. The summed E-state index contributed by atoms with van der Waals surface area (Å²) in [7, 11) is -1.15. The summed E-state index contributed by atoms with van der Waals surface area (Å²) in [6.07, 6.45) is 1.82. The minimum atomic E-state index is -2.99. The zero-order chi connectivity index (χ0) is 20.0. The van der Waals surface area contributed by atoms with Crippen LogP contribution < -0.4 is 0 Å². The molecule has 6 heteroatoms. The van der Waals surface area contributed by atoms with E-state index in [0.717, 1.165) is 18.4 Å². The molecule has 5 nitrogen and oxygen atoms in total. The van der Waals surface area contributed by atoms with Crippen LogP contribution >= 0.6 is 0 Å². The van der Waals surface area contributed by atoms with Crippen LogP contribution in [0.25, 0.3) is 0 Å². The molecular weight excluding hydrogens is 372 g/mol. The molecule has 1 amide bonds. The number of carbonyl (C=O) groups is 1. The van der Waals surface area contributed by atoms with E-state index < -0.39 is 15.9 Å². The molecule has 0 bridgehead atoms. The summed E-state index contributed by atoms with van der Waals surface area (Å²) in [6.45, 7) is 1.46. The van der Waals surface area contributed by atoms with Crippen LogP contribution in [0.2, 0.25) is 0 Å². The van der Waals surface area contributed by atoms with Crippen molar-refractivity contribution in [1.29, 1.82) is 0 Å². The number of amides is 1. The second-order valence-corrected chi connectivity index (χ2v) is 9.65. The van der Waals surface area contributed by atoms with Crippen LogP contribution in [0, 0.1) is 0 Å². The van der Waals surface area contributed by atoms with E-state index in [1.54, 1.807) is 4.90 Å². The van der Waals surface area contributed by atoms with Crippen molar-refractivity contribution >= 4 is 15.7 Å². The van der Waals surface area contributed by atoms with Gasteiger partial charge in [-0.25, -0.2) is 8.42 Å². The van der Waals surface area contributed by atoms with Gasteiger partial charge in [-0.3, -0.25) is 9.69 Å². The molecule has 1 heterocycles. The molecule has 1 fully saturated rings. The Hall–Kier alpha value is -2.18. The fourth-order valence-corrected chi connectivity index (χ4v) is 4.84. The maximum absolute atomic E-state index is 13.3. The Balaban J connectivity index is 1.67. The number of rotatable bonds is 7. The van der Waals surface area contributed by atoms with Crippen molar-refractivity contribution in [2.45, 2.75) is 18.9 Å². The van der Waals surface area contributed by atoms with Gasteiger partial charge in [0.2, 0.25) is 5.91 Å². The number of carbonyl (C=O) groups excluding carboxylic acids is 1. The molecule has 0 aromatic heterocycles. The number of hydrogen-bond acceptors (Lipinski definition) is 4. The second-order valence-electron chi connectivity index (χ2n) is 7.35. The molecule has 0 aliphatic carbocycles. The van der Waals surface area contributed by atoms with E-state index in [0.29, 0.717) is 19.6 Å². The van der Waals surface area contributed by atoms with Crippen molar-refractivity contribution in [3.05, 3.63) is 71.8 Å². The molecule has 2 aromatic rings. The fraction of sp³-hybridized carbons (Fsp3) is 0.409. The van der Waals surface area contributed by atoms with Crippen LogP contribution in [-0.4, -0.2) is 62.3 Å². The van der Waals surface area contributed by atoms with Crippen LogP contribution in [0.15, 0.2) is 60.7 Å². The van der Waals surface area contributed by atoms with Crippen molar-refractivity contribution in [2.75, 3.05) is 38.2 Å². The first-order valence-corrected chi connectivity index (χ1v) is 11.6. The van der Waals surface area contributed by atoms with Gasteiger partial charge in [0.05, 0.1) is 11.5 Å². The van der Waals surface area contributed by atoms with Gasteiger partial charge in [-0.2, -0.15) is 0 Å². The Bertz CT molecular complexity index is 855. The summed E-state index contributed by atoms with van der Waals surface area (Å²) >= 11 is 0. The molecule has 1 saturated heterocycles. The van der Waals surface area contributed by atoms with Crippen molar-refractivity contribution < 1.29 is 13.2 Å². The van der Waals surface area contributed by atoms with Crippen LogP contribution in [0.4, 0.5) is 0 Å². The lowest BCUT2D eigenvalue weighted by molar-refractivity contribution is -0.136. The molecule has 0 spiro atoms. The van der Waals surface area contributed by atoms with Crippen LogP contribution in [0.3, 0.4) is 0 Å². The van der Waals surface area contributed by atoms with E-state index in [4.69, 9.17) is 0 Å². The highest BCUT2D eigenvalue weighted by Gasteiger charge is 2.33. The monoisotopic (exact) mass is 400 g/mol. The Labute approximate surface area is 167 Å². The molecular formula is C22H28N2O3S. The van der Waals surface area contributed by atoms with Crippen LogP contribution in [-0.2, 0) is 21.1 Å². The summed E-state index contributed by atoms with van der Waals surface area (Å²) in [5, 5.41) is 0. The van der Waals surface area contributed by atoms with Crippen molar-refractivity contribution in [3.63, 3.8) is 0 Å². The standard InChI is InChI=1S/C22H28N2O3S/c1-23(14-8-11-19-9-4-2-5-10-19)22(25)21(20-12-6-3-7-13-20)24-15-17-28(26,27)18-16-24/h2-7,9-10,12-13,21H,8,11,14-18H2,1H3. The van der Waals surface area contributed by atoms with Gasteiger partial charge in [-0.15, -0.1) is 0 Å². The third-order valence-electron chi connectivity index (χ3n) is 5.27. The van der Waals surface area contributed by atoms with Crippen molar-refractivity contribution in [3.8, 4) is 0 Å². The predicted molar refractivity (Wildman–Crippen MR) is 112 cm³/mol. The first-order chi connectivity index (χ1) is 13.5. The van der Waals surface area contributed by atoms with E-state index in [2.05, 4.69) is 12.1 Å². The van der Waals surface area contributed by atoms with E-state index in [1.807, 2.05) is 60.5 Å². The Morgan fingerprint density at radius 3 is 2.18 bits per heavy atom. The number of benzene rings is 2. The fourth-order valence-electron chi connectivity index (χ4n) is 3.61. The Kier molecular flexibility index (Phi) is 6.86. The number of sulfone groups is 1. The summed E-state index contributed by atoms with van der Waals surface area (Å²) in [4.78, 5) is 17.1. The van der Waals surface area contributed by atoms with E-state index >= 15 is 0 Å². The highest BCUT2D eigenvalue weighted by molar-refractivity contribution is 7.91. The lowest BCUT2D eigenvalue weighted by Crippen LogP contribution is -2.48. The van der Waals surface area contributed by atoms with Gasteiger partial charge in [0.25, 0.3) is 0 Å². The second kappa shape index (κ2) is 9.34. The smallest absolute Gasteiger partial charge is 0.244 e. The van der Waals surface area contributed by atoms with E-state index in [9.17, 15) is 13.2 Å². The topological polar surface area (TPSA) is 57.7 Å². The van der Waals surface area contributed by atoms with Gasteiger partial charge in [0.1, 0.15) is 6.04 Å². The summed E-state index contributed by atoms with van der Waals surface area (Å²) in [5.74, 6) is 0.251. The summed E-state index contributed by atoms with van der Waals surface area (Å²) in [6, 6.07) is 19.5. The average Bonchev–Trinajstić information content (AvgIpc) is 2.71. The SMILES string of the molecule is CN(CCCc1ccccc1)C(=O)C(c1ccccc1)N1CCS(=O)(=O)CC1. The van der Waals surface area contributed by atoms with Gasteiger partial charge in [0.15, 0.2) is 9.84 Å². The van der Waals surface area contributed by atoms with Crippen LogP contribution in [0.1, 0.15) is 23.6 Å². The van der Waals surface area contributed by atoms with Gasteiger partial charge in [-0.1, -0.05) is 60.7 Å². The largest absolute Gasteiger partial charge is 0.344 e. The first kappa shape index (κ1) is 20.6. The third kappa shape index (κ3) is 5.42. The maximum atomic E-state index is 13.3. The molecule has 1 unspecified atom stereocenters. The van der Waals surface area contributed by atoms with Crippen molar-refractivity contribution in [1.82, 2.24) is 9.80 Å². The lowest BCUT2D eigenvalue weighted by Gasteiger charge is -2.35. The maximum Gasteiger partial charge on any atom is 0.244 e. The summed E-state index contributed by atoms with van der Waals surface area (Å²) in [5.41, 5.74) is 2.19. The zero-order valence-electron chi connectivity index (χ0n) is 16.3. The third-order valence-corrected chi connectivity index (χ3v) is 6.88. The molecule has 1 atom stereocenters. The molecule has 2 aromatic carbocycles. The molecule has 28 heavy (non-hydrogen) atoms. The molecule has 1 aliphatic heterocycles. The normalized spacial score (nSPS) is 17.8. The molecule has 1 aliphatic rings. The van der Waals surface area contributed by atoms with E-state index in [1.165, 1.54) is 5.56 Å². The van der Waals surface area contributed by atoms with Gasteiger partial charge in [-0.05, 0) is 24.0 Å². The molecule has 0 N–H and O–H groups in total. The molecule has 150 valence electrons. The lowest BCUT2D eigenvalue weighted by atomic mass is 10.0. The van der Waals surface area contributed by atoms with Gasteiger partial charge in [0, 0.05) is 26.7 Å². The highest BCUT2D eigenvalue weighted by atomic mass is 32.2. The molecule has 0 radical (unpaired) electrons.